The highest BCUT2D eigenvalue weighted by atomic mass is 16.6. The predicted molar refractivity (Wildman–Crippen MR) is 94.6 cm³/mol. The highest BCUT2D eigenvalue weighted by molar-refractivity contribution is 5.77. The lowest BCUT2D eigenvalue weighted by molar-refractivity contribution is -0.145. The Balaban J connectivity index is 1.36. The number of fused-ring (bicyclic) bond motifs is 1. The van der Waals surface area contributed by atoms with Gasteiger partial charge in [0.05, 0.1) is 43.4 Å². The first-order chi connectivity index (χ1) is 12.7. The van der Waals surface area contributed by atoms with Crippen LogP contribution in [0.15, 0.2) is 53.8 Å². The first-order valence-electron chi connectivity index (χ1n) is 8.39. The van der Waals surface area contributed by atoms with Crippen molar-refractivity contribution in [3.63, 3.8) is 0 Å². The summed E-state index contributed by atoms with van der Waals surface area (Å²) < 4.78 is 13.7. The zero-order valence-corrected chi connectivity index (χ0v) is 14.3. The van der Waals surface area contributed by atoms with Crippen molar-refractivity contribution in [3.8, 4) is 0 Å². The molecule has 26 heavy (non-hydrogen) atoms. The molecule has 8 heteroatoms. The highest BCUT2D eigenvalue weighted by Gasteiger charge is 2.07. The summed E-state index contributed by atoms with van der Waals surface area (Å²) in [5.74, 6) is -0.374. The van der Waals surface area contributed by atoms with Gasteiger partial charge in [-0.05, 0) is 18.2 Å². The van der Waals surface area contributed by atoms with Gasteiger partial charge in [-0.15, -0.1) is 0 Å². The smallest absolute Gasteiger partial charge is 0.307 e. The van der Waals surface area contributed by atoms with Crippen molar-refractivity contribution in [2.75, 3.05) is 19.8 Å². The summed E-state index contributed by atoms with van der Waals surface area (Å²) in [6.45, 7) is 1.89. The van der Waals surface area contributed by atoms with Crippen LogP contribution in [0.4, 0.5) is 0 Å². The number of carbonyl (C=O) groups is 1. The van der Waals surface area contributed by atoms with Gasteiger partial charge in [0.15, 0.2) is 0 Å². The average molecular weight is 356 g/mol. The van der Waals surface area contributed by atoms with Gasteiger partial charge in [-0.1, -0.05) is 12.1 Å². The average Bonchev–Trinajstić information content (AvgIpc) is 3.18. The molecule has 0 aliphatic carbocycles. The van der Waals surface area contributed by atoms with Crippen LogP contribution in [0.25, 0.3) is 10.9 Å². The van der Waals surface area contributed by atoms with Gasteiger partial charge in [-0.3, -0.25) is 18.8 Å². The van der Waals surface area contributed by atoms with Gasteiger partial charge >= 0.3 is 5.97 Å². The van der Waals surface area contributed by atoms with Crippen molar-refractivity contribution >= 4 is 16.9 Å². The second kappa shape index (κ2) is 8.91. The summed E-state index contributed by atoms with van der Waals surface area (Å²) in [6, 6.07) is 8.96. The van der Waals surface area contributed by atoms with Gasteiger partial charge < -0.3 is 9.47 Å². The van der Waals surface area contributed by atoms with E-state index in [1.165, 1.54) is 10.9 Å². The van der Waals surface area contributed by atoms with Crippen LogP contribution in [-0.2, 0) is 27.4 Å². The van der Waals surface area contributed by atoms with E-state index >= 15 is 0 Å². The molecule has 2 aromatic heterocycles. The minimum absolute atomic E-state index is 0.104. The lowest BCUT2D eigenvalue weighted by Crippen LogP contribution is -2.23. The van der Waals surface area contributed by atoms with Gasteiger partial charge in [0.2, 0.25) is 0 Å². The molecule has 8 nitrogen and oxygen atoms in total. The number of benzene rings is 1. The third-order valence-electron chi connectivity index (χ3n) is 3.80. The number of hydrogen-bond donors (Lipinski definition) is 0. The molecular formula is C18H20N4O4. The van der Waals surface area contributed by atoms with Gasteiger partial charge in [-0.25, -0.2) is 4.98 Å². The first kappa shape index (κ1) is 17.8. The van der Waals surface area contributed by atoms with E-state index in [4.69, 9.17) is 9.47 Å². The molecule has 1 aromatic carbocycles. The Hall–Kier alpha value is -3.00. The minimum atomic E-state index is -0.374. The van der Waals surface area contributed by atoms with E-state index in [2.05, 4.69) is 10.1 Å². The van der Waals surface area contributed by atoms with Crippen molar-refractivity contribution in [1.29, 1.82) is 0 Å². The van der Waals surface area contributed by atoms with Crippen molar-refractivity contribution in [1.82, 2.24) is 19.3 Å². The molecular weight excluding hydrogens is 336 g/mol. The second-order valence-electron chi connectivity index (χ2n) is 5.61. The standard InChI is InChI=1S/C18H20N4O4/c23-17(26-13-12-25-11-10-22-8-3-7-20-22)6-9-21-14-19-16-5-2-1-4-15(16)18(21)24/h1-5,7-8,14H,6,9-13H2. The molecule has 0 fully saturated rings. The summed E-state index contributed by atoms with van der Waals surface area (Å²) in [7, 11) is 0. The third kappa shape index (κ3) is 4.76. The SMILES string of the molecule is O=C(CCn1cnc2ccccc2c1=O)OCCOCCn1cccn1. The van der Waals surface area contributed by atoms with E-state index < -0.39 is 0 Å². The number of hydrogen-bond acceptors (Lipinski definition) is 6. The van der Waals surface area contributed by atoms with E-state index in [1.807, 2.05) is 18.3 Å². The van der Waals surface area contributed by atoms with Crippen molar-refractivity contribution in [3.05, 3.63) is 59.4 Å². The van der Waals surface area contributed by atoms with Crippen LogP contribution < -0.4 is 5.56 Å². The number of aryl methyl sites for hydroxylation is 1. The maximum atomic E-state index is 12.3. The van der Waals surface area contributed by atoms with Crippen molar-refractivity contribution in [2.24, 2.45) is 0 Å². The van der Waals surface area contributed by atoms with Crippen LogP contribution in [0, 0.1) is 0 Å². The number of carbonyl (C=O) groups excluding carboxylic acids is 1. The predicted octanol–water partition coefficient (Wildman–Crippen LogP) is 1.24. The Bertz CT molecular complexity index is 905. The summed E-state index contributed by atoms with van der Waals surface area (Å²) in [5, 5.41) is 4.60. The van der Waals surface area contributed by atoms with E-state index in [0.29, 0.717) is 30.7 Å². The molecule has 3 aromatic rings. The molecule has 2 heterocycles. The Morgan fingerprint density at radius 2 is 1.96 bits per heavy atom. The largest absolute Gasteiger partial charge is 0.463 e. The summed E-state index contributed by atoms with van der Waals surface area (Å²) in [6.07, 6.45) is 5.12. The quantitative estimate of drug-likeness (QED) is 0.423. The molecule has 0 aliphatic heterocycles. The maximum absolute atomic E-state index is 12.3. The maximum Gasteiger partial charge on any atom is 0.307 e. The number of esters is 1. The molecule has 3 rings (SSSR count). The van der Waals surface area contributed by atoms with Gasteiger partial charge in [-0.2, -0.15) is 5.10 Å². The number of ether oxygens (including phenoxy) is 2. The second-order valence-corrected chi connectivity index (χ2v) is 5.61. The molecule has 0 aliphatic rings. The van der Waals surface area contributed by atoms with Gasteiger partial charge in [0, 0.05) is 18.9 Å². The fourth-order valence-corrected chi connectivity index (χ4v) is 2.46. The molecule has 0 amide bonds. The number of aromatic nitrogens is 4. The molecule has 0 bridgehead atoms. The van der Waals surface area contributed by atoms with Crippen LogP contribution in [0.2, 0.25) is 0 Å². The van der Waals surface area contributed by atoms with Crippen molar-refractivity contribution < 1.29 is 14.3 Å². The van der Waals surface area contributed by atoms with Gasteiger partial charge in [0.1, 0.15) is 6.61 Å². The zero-order valence-electron chi connectivity index (χ0n) is 14.3. The van der Waals surface area contributed by atoms with Crippen LogP contribution in [0.1, 0.15) is 6.42 Å². The molecule has 136 valence electrons. The van der Waals surface area contributed by atoms with Crippen LogP contribution >= 0.6 is 0 Å². The number of nitrogens with zero attached hydrogens (tertiary/aromatic N) is 4. The van der Waals surface area contributed by atoms with Gasteiger partial charge in [0.25, 0.3) is 5.56 Å². The van der Waals surface area contributed by atoms with E-state index in [1.54, 1.807) is 29.1 Å². The van der Waals surface area contributed by atoms with Crippen LogP contribution in [0.3, 0.4) is 0 Å². The van der Waals surface area contributed by atoms with E-state index in [-0.39, 0.29) is 31.1 Å². The normalized spacial score (nSPS) is 10.9. The van der Waals surface area contributed by atoms with E-state index in [9.17, 15) is 9.59 Å². The van der Waals surface area contributed by atoms with Crippen LogP contribution in [0.5, 0.6) is 0 Å². The summed E-state index contributed by atoms with van der Waals surface area (Å²) in [5.41, 5.74) is 0.481. The Morgan fingerprint density at radius 1 is 1.08 bits per heavy atom. The fourth-order valence-electron chi connectivity index (χ4n) is 2.46. The minimum Gasteiger partial charge on any atom is -0.463 e. The third-order valence-corrected chi connectivity index (χ3v) is 3.80. The number of para-hydroxylation sites is 1. The van der Waals surface area contributed by atoms with Crippen LogP contribution in [-0.4, -0.2) is 45.1 Å². The Labute approximate surface area is 150 Å². The molecule has 0 N–H and O–H groups in total. The van der Waals surface area contributed by atoms with Crippen molar-refractivity contribution in [2.45, 2.75) is 19.5 Å². The number of rotatable bonds is 9. The Morgan fingerprint density at radius 3 is 2.81 bits per heavy atom. The lowest BCUT2D eigenvalue weighted by Gasteiger charge is -2.08. The monoisotopic (exact) mass is 356 g/mol. The highest BCUT2D eigenvalue weighted by Crippen LogP contribution is 2.05. The van der Waals surface area contributed by atoms with E-state index in [0.717, 1.165) is 0 Å². The zero-order chi connectivity index (χ0) is 18.2. The fraction of sp³-hybridized carbons (Fsp3) is 0.333. The molecule has 0 unspecified atom stereocenters. The summed E-state index contributed by atoms with van der Waals surface area (Å²) >= 11 is 0. The molecule has 0 saturated heterocycles. The first-order valence-corrected chi connectivity index (χ1v) is 8.39. The molecule has 0 atom stereocenters. The topological polar surface area (TPSA) is 88.2 Å². The Kier molecular flexibility index (Phi) is 6.10. The molecule has 0 saturated carbocycles. The molecule has 0 spiro atoms. The lowest BCUT2D eigenvalue weighted by atomic mass is 10.2. The summed E-state index contributed by atoms with van der Waals surface area (Å²) in [4.78, 5) is 28.3. The molecule has 0 radical (unpaired) electrons.